The molecule has 3 heterocycles. The molecule has 10 heteroatoms. The second kappa shape index (κ2) is 10.8. The highest BCUT2D eigenvalue weighted by Crippen LogP contribution is 2.38. The van der Waals surface area contributed by atoms with Crippen molar-refractivity contribution in [2.24, 2.45) is 10.4 Å². The normalized spacial score (nSPS) is 26.4. The lowest BCUT2D eigenvalue weighted by molar-refractivity contribution is 0.114. The summed E-state index contributed by atoms with van der Waals surface area (Å²) in [5.74, 6) is 0.883. The van der Waals surface area contributed by atoms with Crippen molar-refractivity contribution in [1.29, 1.82) is 0 Å². The lowest BCUT2D eigenvalue weighted by atomic mass is 9.87. The quantitative estimate of drug-likeness (QED) is 0.312. The maximum Gasteiger partial charge on any atom is 0.240 e. The van der Waals surface area contributed by atoms with Gasteiger partial charge in [-0.1, -0.05) is 12.1 Å². The number of sulfonamides is 1. The summed E-state index contributed by atoms with van der Waals surface area (Å²) >= 11 is 0. The molecule has 174 valence electrons. The van der Waals surface area contributed by atoms with Crippen LogP contribution in [0.15, 0.2) is 34.2 Å². The summed E-state index contributed by atoms with van der Waals surface area (Å²) < 4.78 is 38.7. The van der Waals surface area contributed by atoms with Crippen molar-refractivity contribution in [3.05, 3.63) is 29.8 Å². The van der Waals surface area contributed by atoms with E-state index in [1.807, 2.05) is 12.1 Å². The van der Waals surface area contributed by atoms with Gasteiger partial charge < -0.3 is 19.7 Å². The highest BCUT2D eigenvalue weighted by atomic mass is 127. The Hall–Kier alpha value is -0.950. The number of hydrogen-bond donors (Lipinski definition) is 2. The first-order valence-electron chi connectivity index (χ1n) is 10.7. The minimum Gasteiger partial charge on any atom is -0.381 e. The van der Waals surface area contributed by atoms with Gasteiger partial charge in [0.25, 0.3) is 0 Å². The molecule has 31 heavy (non-hydrogen) atoms. The molecule has 3 aliphatic heterocycles. The molecule has 4 rings (SSSR count). The number of nitrogens with one attached hydrogen (secondary N) is 2. The first-order chi connectivity index (χ1) is 14.5. The number of rotatable bonds is 6. The van der Waals surface area contributed by atoms with Gasteiger partial charge >= 0.3 is 0 Å². The van der Waals surface area contributed by atoms with E-state index < -0.39 is 10.0 Å². The second-order valence-corrected chi connectivity index (χ2v) is 10.3. The van der Waals surface area contributed by atoms with Crippen molar-refractivity contribution < 1.29 is 17.9 Å². The van der Waals surface area contributed by atoms with Crippen LogP contribution >= 0.6 is 24.0 Å². The van der Waals surface area contributed by atoms with Crippen LogP contribution < -0.4 is 10.0 Å². The van der Waals surface area contributed by atoms with Gasteiger partial charge in [0.15, 0.2) is 5.96 Å². The van der Waals surface area contributed by atoms with Crippen molar-refractivity contribution >= 4 is 40.0 Å². The fraction of sp³-hybridized carbons (Fsp3) is 0.667. The molecule has 0 saturated carbocycles. The molecule has 1 spiro atoms. The number of likely N-dealkylation sites (tertiary alicyclic amines) is 1. The smallest absolute Gasteiger partial charge is 0.240 e. The molecule has 2 atom stereocenters. The molecule has 0 bridgehead atoms. The van der Waals surface area contributed by atoms with Crippen molar-refractivity contribution in [1.82, 2.24) is 14.9 Å². The number of guanidine groups is 1. The van der Waals surface area contributed by atoms with Crippen LogP contribution in [-0.2, 0) is 26.0 Å². The molecular formula is C21H33IN4O4S. The topological polar surface area (TPSA) is 92.3 Å². The molecule has 1 aromatic carbocycles. The zero-order valence-corrected chi connectivity index (χ0v) is 21.2. The SMILES string of the molecule is CN=C(NCc1ccc(S(=O)(=O)NCC2CCCO2)cc1)N1CCC2(CCOC2)C1.I. The van der Waals surface area contributed by atoms with E-state index in [0.717, 1.165) is 63.5 Å². The summed E-state index contributed by atoms with van der Waals surface area (Å²) in [6, 6.07) is 6.99. The Morgan fingerprint density at radius 1 is 1.26 bits per heavy atom. The Labute approximate surface area is 202 Å². The fourth-order valence-corrected chi connectivity index (χ4v) is 5.54. The third-order valence-electron chi connectivity index (χ3n) is 6.34. The Kier molecular flexibility index (Phi) is 8.58. The average Bonchev–Trinajstić information content (AvgIpc) is 3.51. The Morgan fingerprint density at radius 3 is 2.71 bits per heavy atom. The molecule has 0 aromatic heterocycles. The van der Waals surface area contributed by atoms with E-state index in [0.29, 0.717) is 19.7 Å². The van der Waals surface area contributed by atoms with Gasteiger partial charge in [0.2, 0.25) is 10.0 Å². The van der Waals surface area contributed by atoms with E-state index in [9.17, 15) is 8.42 Å². The Morgan fingerprint density at radius 2 is 2.06 bits per heavy atom. The van der Waals surface area contributed by atoms with Crippen LogP contribution in [-0.4, -0.2) is 71.9 Å². The summed E-state index contributed by atoms with van der Waals surface area (Å²) in [6.45, 7) is 5.29. The predicted octanol–water partition coefficient (Wildman–Crippen LogP) is 1.95. The maximum absolute atomic E-state index is 12.5. The highest BCUT2D eigenvalue weighted by Gasteiger charge is 2.42. The van der Waals surface area contributed by atoms with Crippen molar-refractivity contribution in [2.45, 2.75) is 43.2 Å². The van der Waals surface area contributed by atoms with E-state index in [-0.39, 0.29) is 40.4 Å². The number of benzene rings is 1. The first-order valence-corrected chi connectivity index (χ1v) is 12.2. The number of nitrogens with zero attached hydrogens (tertiary/aromatic N) is 2. The summed E-state index contributed by atoms with van der Waals surface area (Å²) in [6.07, 6.45) is 4.13. The monoisotopic (exact) mass is 564 g/mol. The van der Waals surface area contributed by atoms with Crippen LogP contribution in [0, 0.1) is 5.41 Å². The fourth-order valence-electron chi connectivity index (χ4n) is 4.48. The molecule has 2 unspecified atom stereocenters. The minimum atomic E-state index is -3.52. The molecule has 2 N–H and O–H groups in total. The number of halogens is 1. The highest BCUT2D eigenvalue weighted by molar-refractivity contribution is 14.0. The summed E-state index contributed by atoms with van der Waals surface area (Å²) in [5.41, 5.74) is 1.29. The zero-order valence-electron chi connectivity index (χ0n) is 18.0. The molecule has 0 radical (unpaired) electrons. The van der Waals surface area contributed by atoms with Gasteiger partial charge in [-0.2, -0.15) is 0 Å². The van der Waals surface area contributed by atoms with Gasteiger partial charge in [-0.25, -0.2) is 13.1 Å². The Balaban J connectivity index is 0.00000272. The van der Waals surface area contributed by atoms with Crippen LogP contribution in [0.3, 0.4) is 0 Å². The van der Waals surface area contributed by atoms with Crippen LogP contribution in [0.4, 0.5) is 0 Å². The molecule has 3 fully saturated rings. The zero-order chi connectivity index (χ0) is 21.0. The summed E-state index contributed by atoms with van der Waals surface area (Å²) in [7, 11) is -1.72. The maximum atomic E-state index is 12.5. The van der Waals surface area contributed by atoms with E-state index >= 15 is 0 Å². The van der Waals surface area contributed by atoms with Crippen molar-refractivity contribution in [2.75, 3.05) is 46.5 Å². The van der Waals surface area contributed by atoms with E-state index in [1.165, 1.54) is 0 Å². The van der Waals surface area contributed by atoms with Gasteiger partial charge in [-0.3, -0.25) is 4.99 Å². The number of ether oxygens (including phenoxy) is 2. The van der Waals surface area contributed by atoms with Crippen LogP contribution in [0.1, 0.15) is 31.2 Å². The van der Waals surface area contributed by atoms with E-state index in [2.05, 4.69) is 19.9 Å². The largest absolute Gasteiger partial charge is 0.381 e. The van der Waals surface area contributed by atoms with Crippen molar-refractivity contribution in [3.8, 4) is 0 Å². The number of aliphatic imine (C=N–C) groups is 1. The lowest BCUT2D eigenvalue weighted by Crippen LogP contribution is -2.41. The van der Waals surface area contributed by atoms with Crippen LogP contribution in [0.25, 0.3) is 0 Å². The van der Waals surface area contributed by atoms with Crippen molar-refractivity contribution in [3.63, 3.8) is 0 Å². The second-order valence-electron chi connectivity index (χ2n) is 8.51. The molecule has 1 aromatic rings. The molecule has 0 aliphatic carbocycles. The van der Waals surface area contributed by atoms with Gasteiger partial charge in [-0.05, 0) is 43.4 Å². The van der Waals surface area contributed by atoms with E-state index in [4.69, 9.17) is 9.47 Å². The van der Waals surface area contributed by atoms with Gasteiger partial charge in [0.05, 0.1) is 17.6 Å². The van der Waals surface area contributed by atoms with Crippen LogP contribution in [0.5, 0.6) is 0 Å². The third kappa shape index (κ3) is 6.10. The van der Waals surface area contributed by atoms with Gasteiger partial charge in [0.1, 0.15) is 0 Å². The minimum absolute atomic E-state index is 0. The Bertz CT molecular complexity index is 851. The first kappa shape index (κ1) is 24.7. The van der Waals surface area contributed by atoms with Gasteiger partial charge in [-0.15, -0.1) is 24.0 Å². The molecule has 0 amide bonds. The van der Waals surface area contributed by atoms with Crippen LogP contribution in [0.2, 0.25) is 0 Å². The molecule has 3 saturated heterocycles. The molecule has 3 aliphatic rings. The number of hydrogen-bond acceptors (Lipinski definition) is 5. The predicted molar refractivity (Wildman–Crippen MR) is 130 cm³/mol. The summed E-state index contributed by atoms with van der Waals surface area (Å²) in [4.78, 5) is 7.00. The lowest BCUT2D eigenvalue weighted by Gasteiger charge is -2.25. The molecular weight excluding hydrogens is 531 g/mol. The molecule has 8 nitrogen and oxygen atoms in total. The average molecular weight is 564 g/mol. The summed E-state index contributed by atoms with van der Waals surface area (Å²) in [5, 5.41) is 3.41. The van der Waals surface area contributed by atoms with E-state index in [1.54, 1.807) is 19.2 Å². The standard InChI is InChI=1S/C21H32N4O4S.HI/c1-22-20(25-10-8-21(15-25)9-12-28-16-21)23-13-17-4-6-19(7-5-17)30(26,27)24-14-18-3-2-11-29-18;/h4-7,18,24H,2-3,8-16H2,1H3,(H,22,23);1H. The van der Waals surface area contributed by atoms with Gasteiger partial charge in [0, 0.05) is 51.9 Å². The third-order valence-corrected chi connectivity index (χ3v) is 7.78.